The van der Waals surface area contributed by atoms with Crippen LogP contribution in [0.4, 0.5) is 11.4 Å². The molecule has 0 bridgehead atoms. The molecule has 0 spiro atoms. The molecule has 7 heteroatoms. The molecule has 19 heavy (non-hydrogen) atoms. The van der Waals surface area contributed by atoms with Gasteiger partial charge < -0.3 is 9.73 Å². The van der Waals surface area contributed by atoms with Crippen LogP contribution in [0.15, 0.2) is 39.7 Å². The second-order valence-corrected chi connectivity index (χ2v) is 4.96. The predicted molar refractivity (Wildman–Crippen MR) is 74.1 cm³/mol. The number of aromatic nitrogens is 1. The second kappa shape index (κ2) is 5.83. The van der Waals surface area contributed by atoms with Crippen molar-refractivity contribution >= 4 is 27.3 Å². The van der Waals surface area contributed by atoms with Crippen molar-refractivity contribution in [1.82, 2.24) is 4.98 Å². The molecular formula is C12H12BrN3O3. The average Bonchev–Trinajstić information content (AvgIpc) is 2.84. The number of nitrogens with zero attached hydrogens (tertiary/aromatic N) is 2. The molecule has 0 saturated heterocycles. The molecule has 0 fully saturated rings. The maximum absolute atomic E-state index is 11.0. The van der Waals surface area contributed by atoms with E-state index >= 15 is 0 Å². The summed E-state index contributed by atoms with van der Waals surface area (Å²) in [6, 6.07) is 3.67. The third-order valence-electron chi connectivity index (χ3n) is 2.55. The van der Waals surface area contributed by atoms with Gasteiger partial charge in [0.05, 0.1) is 15.7 Å². The van der Waals surface area contributed by atoms with Gasteiger partial charge in [-0.2, -0.15) is 0 Å². The highest BCUT2D eigenvalue weighted by atomic mass is 79.9. The molecule has 6 nitrogen and oxygen atoms in total. The van der Waals surface area contributed by atoms with Crippen LogP contribution >= 0.6 is 15.9 Å². The summed E-state index contributed by atoms with van der Waals surface area (Å²) in [5.74, 6) is 0.827. The molecule has 1 atom stereocenters. The van der Waals surface area contributed by atoms with Crippen LogP contribution in [0.2, 0.25) is 0 Å². The molecule has 0 aliphatic heterocycles. The molecule has 2 aromatic rings. The number of rotatable bonds is 5. The van der Waals surface area contributed by atoms with Crippen molar-refractivity contribution in [2.45, 2.75) is 19.4 Å². The van der Waals surface area contributed by atoms with Crippen LogP contribution in [0.5, 0.6) is 0 Å². The maximum atomic E-state index is 11.0. The molecular weight excluding hydrogens is 314 g/mol. The van der Waals surface area contributed by atoms with Gasteiger partial charge >= 0.3 is 5.69 Å². The maximum Gasteiger partial charge on any atom is 0.311 e. The Morgan fingerprint density at radius 1 is 1.58 bits per heavy atom. The smallest absolute Gasteiger partial charge is 0.311 e. The van der Waals surface area contributed by atoms with Gasteiger partial charge in [0, 0.05) is 18.7 Å². The van der Waals surface area contributed by atoms with Crippen LogP contribution in [0.25, 0.3) is 0 Å². The summed E-state index contributed by atoms with van der Waals surface area (Å²) >= 11 is 3.27. The fraction of sp³-hybridized carbons (Fsp3) is 0.250. The van der Waals surface area contributed by atoms with Crippen LogP contribution < -0.4 is 5.32 Å². The fourth-order valence-corrected chi connectivity index (χ4v) is 2.17. The molecule has 1 N–H and O–H groups in total. The fourth-order valence-electron chi connectivity index (χ4n) is 1.73. The van der Waals surface area contributed by atoms with E-state index in [9.17, 15) is 10.1 Å². The quantitative estimate of drug-likeness (QED) is 0.673. The minimum Gasteiger partial charge on any atom is -0.469 e. The van der Waals surface area contributed by atoms with Gasteiger partial charge in [0.1, 0.15) is 17.6 Å². The van der Waals surface area contributed by atoms with Gasteiger partial charge in [-0.15, -0.1) is 0 Å². The molecule has 0 aliphatic carbocycles. The van der Waals surface area contributed by atoms with Crippen molar-refractivity contribution in [3.05, 3.63) is 51.1 Å². The molecule has 0 aliphatic rings. The lowest BCUT2D eigenvalue weighted by atomic mass is 10.2. The molecule has 0 saturated carbocycles. The van der Waals surface area contributed by atoms with Crippen LogP contribution in [0, 0.1) is 10.1 Å². The minimum atomic E-state index is -0.459. The summed E-state index contributed by atoms with van der Waals surface area (Å²) in [7, 11) is 0. The van der Waals surface area contributed by atoms with E-state index in [0.29, 0.717) is 16.6 Å². The minimum absolute atomic E-state index is 0.0106. The van der Waals surface area contributed by atoms with Crippen LogP contribution in [0.1, 0.15) is 12.7 Å². The summed E-state index contributed by atoms with van der Waals surface area (Å²) in [4.78, 5) is 14.3. The molecule has 0 radical (unpaired) electrons. The first-order chi connectivity index (χ1) is 9.08. The van der Waals surface area contributed by atoms with Crippen molar-refractivity contribution in [2.24, 2.45) is 0 Å². The highest BCUT2D eigenvalue weighted by Crippen LogP contribution is 2.31. The number of nitro groups is 1. The van der Waals surface area contributed by atoms with Gasteiger partial charge in [0.25, 0.3) is 0 Å². The number of furan rings is 1. The Hall–Kier alpha value is -1.89. The van der Waals surface area contributed by atoms with E-state index in [1.54, 1.807) is 6.26 Å². The molecule has 100 valence electrons. The van der Waals surface area contributed by atoms with E-state index in [-0.39, 0.29) is 11.7 Å². The third kappa shape index (κ3) is 3.31. The van der Waals surface area contributed by atoms with Crippen molar-refractivity contribution in [3.8, 4) is 0 Å². The van der Waals surface area contributed by atoms with Gasteiger partial charge in [0.15, 0.2) is 0 Å². The van der Waals surface area contributed by atoms with Gasteiger partial charge in [-0.05, 0) is 35.0 Å². The predicted octanol–water partition coefficient (Wildman–Crippen LogP) is 3.39. The number of hydrogen-bond donors (Lipinski definition) is 1. The number of pyridine rings is 1. The second-order valence-electron chi connectivity index (χ2n) is 4.10. The Balaban J connectivity index is 2.16. The SMILES string of the molecule is CC(Cc1ccco1)Nc1c(Br)cncc1[N+](=O)[O-]. The lowest BCUT2D eigenvalue weighted by Gasteiger charge is -2.15. The van der Waals surface area contributed by atoms with Crippen molar-refractivity contribution in [3.63, 3.8) is 0 Å². The normalized spacial score (nSPS) is 12.1. The third-order valence-corrected chi connectivity index (χ3v) is 3.16. The Morgan fingerprint density at radius 2 is 2.37 bits per heavy atom. The molecule has 2 rings (SSSR count). The van der Waals surface area contributed by atoms with E-state index < -0.39 is 4.92 Å². The number of halogens is 1. The summed E-state index contributed by atoms with van der Waals surface area (Å²) in [5.41, 5.74) is 0.375. The largest absolute Gasteiger partial charge is 0.469 e. The first kappa shape index (κ1) is 13.5. The van der Waals surface area contributed by atoms with E-state index in [0.717, 1.165) is 5.76 Å². The van der Waals surface area contributed by atoms with E-state index in [1.807, 2.05) is 19.1 Å². The Morgan fingerprint density at radius 3 is 3.00 bits per heavy atom. The molecule has 1 unspecified atom stereocenters. The van der Waals surface area contributed by atoms with Crippen molar-refractivity contribution in [1.29, 1.82) is 0 Å². The lowest BCUT2D eigenvalue weighted by Crippen LogP contribution is -2.19. The summed E-state index contributed by atoms with van der Waals surface area (Å²) in [6.45, 7) is 1.93. The van der Waals surface area contributed by atoms with E-state index in [4.69, 9.17) is 4.42 Å². The molecule has 0 amide bonds. The monoisotopic (exact) mass is 325 g/mol. The highest BCUT2D eigenvalue weighted by molar-refractivity contribution is 9.10. The van der Waals surface area contributed by atoms with Crippen LogP contribution in [0.3, 0.4) is 0 Å². The van der Waals surface area contributed by atoms with Gasteiger partial charge in [0.2, 0.25) is 0 Å². The Bertz CT molecular complexity index is 572. The first-order valence-electron chi connectivity index (χ1n) is 5.64. The number of hydrogen-bond acceptors (Lipinski definition) is 5. The molecule has 0 aromatic carbocycles. The van der Waals surface area contributed by atoms with E-state index in [1.165, 1.54) is 12.4 Å². The zero-order chi connectivity index (χ0) is 13.8. The zero-order valence-electron chi connectivity index (χ0n) is 10.2. The van der Waals surface area contributed by atoms with Gasteiger partial charge in [-0.3, -0.25) is 15.1 Å². The molecule has 2 heterocycles. The molecule has 2 aromatic heterocycles. The van der Waals surface area contributed by atoms with Gasteiger partial charge in [-0.25, -0.2) is 0 Å². The number of anilines is 1. The summed E-state index contributed by atoms with van der Waals surface area (Å²) in [6.07, 6.45) is 4.99. The van der Waals surface area contributed by atoms with Crippen LogP contribution in [-0.4, -0.2) is 15.9 Å². The standard InChI is InChI=1S/C12H12BrN3O3/c1-8(5-9-3-2-4-19-9)15-12-10(13)6-14-7-11(12)16(17)18/h2-4,6-8H,5H2,1H3,(H,14,15). The average molecular weight is 326 g/mol. The van der Waals surface area contributed by atoms with Crippen LogP contribution in [-0.2, 0) is 6.42 Å². The van der Waals surface area contributed by atoms with E-state index in [2.05, 4.69) is 26.2 Å². The van der Waals surface area contributed by atoms with Crippen molar-refractivity contribution < 1.29 is 9.34 Å². The first-order valence-corrected chi connectivity index (χ1v) is 6.44. The lowest BCUT2D eigenvalue weighted by molar-refractivity contribution is -0.384. The zero-order valence-corrected chi connectivity index (χ0v) is 11.8. The number of nitrogens with one attached hydrogen (secondary N) is 1. The summed E-state index contributed by atoms with van der Waals surface area (Å²) in [5, 5.41) is 14.1. The summed E-state index contributed by atoms with van der Waals surface area (Å²) < 4.78 is 5.81. The highest BCUT2D eigenvalue weighted by Gasteiger charge is 2.19. The Kier molecular flexibility index (Phi) is 4.16. The topological polar surface area (TPSA) is 81.2 Å². The van der Waals surface area contributed by atoms with Gasteiger partial charge in [-0.1, -0.05) is 0 Å². The Labute approximate surface area is 118 Å². The van der Waals surface area contributed by atoms with Crippen molar-refractivity contribution in [2.75, 3.05) is 5.32 Å².